The van der Waals surface area contributed by atoms with Gasteiger partial charge in [-0.25, -0.2) is 0 Å². The van der Waals surface area contributed by atoms with Crippen LogP contribution in [0.5, 0.6) is 0 Å². The van der Waals surface area contributed by atoms with Crippen molar-refractivity contribution in [1.29, 1.82) is 0 Å². The van der Waals surface area contributed by atoms with Gasteiger partial charge in [-0.05, 0) is 106 Å². The van der Waals surface area contributed by atoms with E-state index in [4.69, 9.17) is 5.73 Å². The van der Waals surface area contributed by atoms with Gasteiger partial charge in [0.1, 0.15) is 0 Å². The Kier molecular flexibility index (Phi) is 4.39. The fraction of sp³-hybridized carbons (Fsp3) is 0.103. The van der Waals surface area contributed by atoms with E-state index in [1.54, 1.807) is 23.5 Å². The Morgan fingerprint density at radius 3 is 1.51 bits per heavy atom. The van der Waals surface area contributed by atoms with Crippen molar-refractivity contribution < 1.29 is 13.2 Å². The highest BCUT2D eigenvalue weighted by atomic mass is 32.1. The zero-order valence-corrected chi connectivity index (χ0v) is 20.0. The predicted octanol–water partition coefficient (Wildman–Crippen LogP) is 8.89. The summed E-state index contributed by atoms with van der Waals surface area (Å²) in [7, 11) is 0. The Morgan fingerprint density at radius 1 is 0.600 bits per heavy atom. The smallest absolute Gasteiger partial charge is 0.399 e. The van der Waals surface area contributed by atoms with E-state index in [0.29, 0.717) is 0 Å². The quantitative estimate of drug-likeness (QED) is 0.235. The first-order valence-electron chi connectivity index (χ1n) is 11.3. The molecule has 2 aromatic heterocycles. The maximum Gasteiger partial charge on any atom is 0.416 e. The van der Waals surface area contributed by atoms with E-state index in [9.17, 15) is 13.2 Å². The van der Waals surface area contributed by atoms with Gasteiger partial charge in [0.15, 0.2) is 0 Å². The van der Waals surface area contributed by atoms with E-state index in [-0.39, 0.29) is 0 Å². The van der Waals surface area contributed by atoms with Crippen molar-refractivity contribution in [2.45, 2.75) is 19.0 Å². The summed E-state index contributed by atoms with van der Waals surface area (Å²) in [5.74, 6) is 0. The Bertz CT molecular complexity index is 1620. The van der Waals surface area contributed by atoms with Gasteiger partial charge in [-0.2, -0.15) is 13.2 Å². The Labute approximate surface area is 208 Å². The number of hydrogen-bond donors (Lipinski definition) is 1. The minimum absolute atomic E-state index is 0.613. The number of halogens is 3. The molecule has 2 N–H and O–H groups in total. The first kappa shape index (κ1) is 21.0. The van der Waals surface area contributed by atoms with Crippen LogP contribution in [0.2, 0.25) is 0 Å². The zero-order valence-electron chi connectivity index (χ0n) is 18.4. The van der Waals surface area contributed by atoms with Crippen LogP contribution in [0.3, 0.4) is 0 Å². The number of alkyl halides is 3. The minimum atomic E-state index is -4.31. The second-order valence-corrected chi connectivity index (χ2v) is 11.3. The summed E-state index contributed by atoms with van der Waals surface area (Å²) >= 11 is 3.51. The van der Waals surface area contributed by atoms with Crippen molar-refractivity contribution >= 4 is 28.4 Å². The molecule has 0 saturated carbocycles. The Morgan fingerprint density at radius 2 is 1.06 bits per heavy atom. The Hall–Kier alpha value is -3.35. The van der Waals surface area contributed by atoms with Crippen molar-refractivity contribution in [3.8, 4) is 41.8 Å². The molecule has 3 aromatic carbocycles. The predicted molar refractivity (Wildman–Crippen MR) is 139 cm³/mol. The molecule has 0 fully saturated rings. The molecule has 0 unspecified atom stereocenters. The van der Waals surface area contributed by atoms with E-state index in [0.717, 1.165) is 41.1 Å². The third kappa shape index (κ3) is 3.35. The van der Waals surface area contributed by atoms with Gasteiger partial charge in [0.25, 0.3) is 0 Å². The van der Waals surface area contributed by atoms with Gasteiger partial charge in [0.05, 0.1) is 5.56 Å². The molecule has 0 amide bonds. The highest BCUT2D eigenvalue weighted by Gasteiger charge is 2.31. The van der Waals surface area contributed by atoms with E-state index in [1.807, 2.05) is 23.5 Å². The summed E-state index contributed by atoms with van der Waals surface area (Å²) in [4.78, 5) is 4.88. The normalized spacial score (nSPS) is 13.5. The highest BCUT2D eigenvalue weighted by Crippen LogP contribution is 2.51. The average Bonchev–Trinajstić information content (AvgIpc) is 3.57. The molecule has 2 heterocycles. The van der Waals surface area contributed by atoms with Crippen LogP contribution in [0.15, 0.2) is 72.8 Å². The van der Waals surface area contributed by atoms with Crippen LogP contribution in [-0.4, -0.2) is 0 Å². The molecule has 6 heteroatoms. The molecule has 0 radical (unpaired) electrons. The molecule has 0 saturated heterocycles. The van der Waals surface area contributed by atoms with Crippen molar-refractivity contribution in [2.24, 2.45) is 0 Å². The van der Waals surface area contributed by atoms with Gasteiger partial charge >= 0.3 is 6.18 Å². The molecule has 0 bridgehead atoms. The fourth-order valence-corrected chi connectivity index (χ4v) is 7.62. The van der Waals surface area contributed by atoms with E-state index in [1.165, 1.54) is 53.6 Å². The molecule has 5 aromatic rings. The fourth-order valence-electron chi connectivity index (χ4n) is 5.15. The highest BCUT2D eigenvalue weighted by molar-refractivity contribution is 7.19. The van der Waals surface area contributed by atoms with Crippen molar-refractivity contribution in [3.05, 3.63) is 101 Å². The average molecular weight is 502 g/mol. The third-order valence-corrected chi connectivity index (χ3v) is 9.41. The van der Waals surface area contributed by atoms with Gasteiger partial charge in [0.2, 0.25) is 0 Å². The first-order valence-corrected chi connectivity index (χ1v) is 12.9. The number of benzene rings is 3. The minimum Gasteiger partial charge on any atom is -0.399 e. The second-order valence-electron chi connectivity index (χ2n) is 9.15. The van der Waals surface area contributed by atoms with Gasteiger partial charge in [-0.1, -0.05) is 24.3 Å². The van der Waals surface area contributed by atoms with Gasteiger partial charge < -0.3 is 5.73 Å². The van der Waals surface area contributed by atoms with Crippen LogP contribution < -0.4 is 5.73 Å². The van der Waals surface area contributed by atoms with Crippen molar-refractivity contribution in [3.63, 3.8) is 0 Å². The van der Waals surface area contributed by atoms with E-state index >= 15 is 0 Å². The topological polar surface area (TPSA) is 26.0 Å². The number of nitrogens with two attached hydrogens (primary N) is 1. The van der Waals surface area contributed by atoms with Crippen LogP contribution in [0.4, 0.5) is 18.9 Å². The monoisotopic (exact) mass is 501 g/mol. The lowest BCUT2D eigenvalue weighted by Gasteiger charge is -2.08. The first-order chi connectivity index (χ1) is 16.8. The number of nitrogen functional groups attached to an aromatic ring is 1. The molecule has 0 atom stereocenters. The molecule has 1 nitrogen and oxygen atoms in total. The van der Waals surface area contributed by atoms with E-state index in [2.05, 4.69) is 36.4 Å². The van der Waals surface area contributed by atoms with Crippen LogP contribution in [0, 0.1) is 0 Å². The summed E-state index contributed by atoms with van der Waals surface area (Å²) in [6.07, 6.45) is -2.52. The third-order valence-electron chi connectivity index (χ3n) is 6.89. The molecular weight excluding hydrogens is 483 g/mol. The summed E-state index contributed by atoms with van der Waals surface area (Å²) in [6, 6.07) is 22.6. The summed E-state index contributed by atoms with van der Waals surface area (Å²) in [5, 5.41) is 0. The maximum atomic E-state index is 12.9. The number of thiophene rings is 2. The molecule has 172 valence electrons. The van der Waals surface area contributed by atoms with Crippen LogP contribution >= 0.6 is 22.7 Å². The standard InChI is InChI=1S/C29H18F3NS2/c30-29(31,32)21-5-1-15(2-6-21)25-13-19-9-17-12-24-18(11-23(17)27(19)34-25)10-20-14-26(35-28(20)24)16-3-7-22(33)8-4-16/h1-8,11-14H,9-10,33H2. The number of hydrogen-bond acceptors (Lipinski definition) is 3. The maximum absolute atomic E-state index is 12.9. The number of anilines is 1. The summed E-state index contributed by atoms with van der Waals surface area (Å²) in [5.41, 5.74) is 16.0. The van der Waals surface area contributed by atoms with Crippen LogP contribution in [0.25, 0.3) is 41.8 Å². The SMILES string of the molecule is Nc1ccc(-c2cc3c(s2)-c2cc4c(cc2C3)-c2sc(-c3ccc(C(F)(F)F)cc3)cc2C4)cc1. The van der Waals surface area contributed by atoms with Crippen LogP contribution in [-0.2, 0) is 19.0 Å². The molecule has 0 aliphatic heterocycles. The molecule has 35 heavy (non-hydrogen) atoms. The Balaban J connectivity index is 1.21. The molecule has 0 spiro atoms. The van der Waals surface area contributed by atoms with E-state index < -0.39 is 11.7 Å². The second kappa shape index (κ2) is 7.33. The summed E-state index contributed by atoms with van der Waals surface area (Å²) < 4.78 is 38.8. The van der Waals surface area contributed by atoms with Crippen molar-refractivity contribution in [2.75, 3.05) is 5.73 Å². The van der Waals surface area contributed by atoms with Crippen molar-refractivity contribution in [1.82, 2.24) is 0 Å². The molecule has 2 aliphatic rings. The van der Waals surface area contributed by atoms with Gasteiger partial charge in [-0.3, -0.25) is 0 Å². The molecule has 2 aliphatic carbocycles. The number of rotatable bonds is 2. The lowest BCUT2D eigenvalue weighted by Crippen LogP contribution is -2.03. The number of fused-ring (bicyclic) bond motifs is 6. The lowest BCUT2D eigenvalue weighted by molar-refractivity contribution is -0.137. The lowest BCUT2D eigenvalue weighted by atomic mass is 10.0. The summed E-state index contributed by atoms with van der Waals surface area (Å²) in [6.45, 7) is 0. The zero-order chi connectivity index (χ0) is 23.9. The largest absolute Gasteiger partial charge is 0.416 e. The van der Waals surface area contributed by atoms with Crippen LogP contribution in [0.1, 0.15) is 27.8 Å². The van der Waals surface area contributed by atoms with Gasteiger partial charge in [0, 0.05) is 25.2 Å². The van der Waals surface area contributed by atoms with Gasteiger partial charge in [-0.15, -0.1) is 22.7 Å². The molecule has 7 rings (SSSR count). The molecular formula is C29H18F3NS2.